The van der Waals surface area contributed by atoms with Crippen molar-refractivity contribution in [2.75, 3.05) is 11.5 Å². The Kier molecular flexibility index (Phi) is 6.43. The minimum atomic E-state index is -0.500. The fraction of sp³-hybridized carbons (Fsp3) is 0.231. The molecule has 0 saturated carbocycles. The maximum absolute atomic E-state index is 13.4. The molecule has 2 amide bonds. The Balaban J connectivity index is 1.58. The Bertz CT molecular complexity index is 978. The van der Waals surface area contributed by atoms with Crippen LogP contribution in [0.3, 0.4) is 0 Å². The molecule has 5 nitrogen and oxygen atoms in total. The third-order valence-electron chi connectivity index (χ3n) is 5.43. The number of carbonyl (C=O) groups is 2. The average Bonchev–Trinajstić information content (AvgIpc) is 3.09. The van der Waals surface area contributed by atoms with Gasteiger partial charge >= 0.3 is 0 Å². The third kappa shape index (κ3) is 4.84. The van der Waals surface area contributed by atoms with Gasteiger partial charge in [-0.3, -0.25) is 14.5 Å². The first-order valence-electron chi connectivity index (χ1n) is 10.6. The molecule has 1 fully saturated rings. The van der Waals surface area contributed by atoms with Gasteiger partial charge in [0.15, 0.2) is 0 Å². The molecule has 158 valence electrons. The van der Waals surface area contributed by atoms with Gasteiger partial charge in [0.25, 0.3) is 5.91 Å². The van der Waals surface area contributed by atoms with E-state index in [9.17, 15) is 9.59 Å². The topological polar surface area (TPSA) is 49.9 Å². The summed E-state index contributed by atoms with van der Waals surface area (Å²) in [6, 6.07) is 26.7. The highest BCUT2D eigenvalue weighted by molar-refractivity contribution is 6.22. The molecule has 31 heavy (non-hydrogen) atoms. The molecule has 0 radical (unpaired) electrons. The molecular formula is C26H26N2O3. The van der Waals surface area contributed by atoms with Crippen LogP contribution in [-0.2, 0) is 22.7 Å². The summed E-state index contributed by atoms with van der Waals surface area (Å²) in [5, 5.41) is 0. The summed E-state index contributed by atoms with van der Waals surface area (Å²) >= 11 is 0. The van der Waals surface area contributed by atoms with Crippen LogP contribution >= 0.6 is 0 Å². The summed E-state index contributed by atoms with van der Waals surface area (Å²) in [5.41, 5.74) is 2.80. The van der Waals surface area contributed by atoms with Gasteiger partial charge in [0.1, 0.15) is 5.75 Å². The number of nitrogens with zero attached hydrogens (tertiary/aromatic N) is 2. The lowest BCUT2D eigenvalue weighted by molar-refractivity contribution is -0.123. The zero-order valence-corrected chi connectivity index (χ0v) is 17.6. The van der Waals surface area contributed by atoms with Crippen LogP contribution < -0.4 is 9.64 Å². The molecule has 3 aromatic carbocycles. The molecule has 1 aliphatic rings. The summed E-state index contributed by atoms with van der Waals surface area (Å²) in [6.45, 7) is 3.67. The molecule has 1 unspecified atom stereocenters. The van der Waals surface area contributed by atoms with E-state index >= 15 is 0 Å². The van der Waals surface area contributed by atoms with Gasteiger partial charge in [0.2, 0.25) is 5.91 Å². The zero-order chi connectivity index (χ0) is 21.6. The Morgan fingerprint density at radius 3 is 1.90 bits per heavy atom. The van der Waals surface area contributed by atoms with Gasteiger partial charge in [-0.1, -0.05) is 60.7 Å². The second kappa shape index (κ2) is 9.58. The fourth-order valence-electron chi connectivity index (χ4n) is 3.94. The lowest BCUT2D eigenvalue weighted by Crippen LogP contribution is -2.41. The summed E-state index contributed by atoms with van der Waals surface area (Å²) in [5.74, 6) is 0.364. The number of hydrogen-bond donors (Lipinski definition) is 0. The van der Waals surface area contributed by atoms with E-state index in [4.69, 9.17) is 4.74 Å². The second-order valence-corrected chi connectivity index (χ2v) is 7.59. The number of anilines is 1. The van der Waals surface area contributed by atoms with Crippen molar-refractivity contribution >= 4 is 17.5 Å². The number of amides is 2. The lowest BCUT2D eigenvalue weighted by atomic mass is 10.1. The second-order valence-electron chi connectivity index (χ2n) is 7.59. The quantitative estimate of drug-likeness (QED) is 0.512. The minimum Gasteiger partial charge on any atom is -0.494 e. The minimum absolute atomic E-state index is 0.172. The first-order chi connectivity index (χ1) is 15.2. The fourth-order valence-corrected chi connectivity index (χ4v) is 3.94. The Hall–Kier alpha value is -3.44. The standard InChI is InChI=1S/C26H26N2O3/c1-2-31-23-15-13-22(14-16-23)28-25(29)17-24(26(28)30)27(18-20-9-5-3-6-10-20)19-21-11-7-4-8-12-21/h3-16,24H,2,17-19H2,1H3. The van der Waals surface area contributed by atoms with Crippen molar-refractivity contribution in [1.82, 2.24) is 4.90 Å². The van der Waals surface area contributed by atoms with Crippen molar-refractivity contribution in [3.63, 3.8) is 0 Å². The van der Waals surface area contributed by atoms with Crippen molar-refractivity contribution in [3.8, 4) is 5.75 Å². The third-order valence-corrected chi connectivity index (χ3v) is 5.43. The first-order valence-corrected chi connectivity index (χ1v) is 10.6. The number of benzene rings is 3. The zero-order valence-electron chi connectivity index (χ0n) is 17.6. The molecular weight excluding hydrogens is 388 g/mol. The molecule has 0 aromatic heterocycles. The van der Waals surface area contributed by atoms with Gasteiger partial charge < -0.3 is 4.74 Å². The number of ether oxygens (including phenoxy) is 1. The largest absolute Gasteiger partial charge is 0.494 e. The van der Waals surface area contributed by atoms with E-state index in [0.717, 1.165) is 16.9 Å². The maximum atomic E-state index is 13.4. The monoisotopic (exact) mass is 414 g/mol. The van der Waals surface area contributed by atoms with Crippen LogP contribution in [0.2, 0.25) is 0 Å². The highest BCUT2D eigenvalue weighted by Crippen LogP contribution is 2.29. The predicted octanol–water partition coefficient (Wildman–Crippen LogP) is 4.42. The van der Waals surface area contributed by atoms with Crippen LogP contribution in [0, 0.1) is 0 Å². The number of hydrogen-bond acceptors (Lipinski definition) is 4. The van der Waals surface area contributed by atoms with Gasteiger partial charge in [0.05, 0.1) is 24.8 Å². The van der Waals surface area contributed by atoms with Crippen LogP contribution in [0.25, 0.3) is 0 Å². The normalized spacial score (nSPS) is 16.2. The highest BCUT2D eigenvalue weighted by atomic mass is 16.5. The summed E-state index contributed by atoms with van der Waals surface area (Å²) < 4.78 is 5.47. The first kappa shape index (κ1) is 20.8. The summed E-state index contributed by atoms with van der Waals surface area (Å²) in [4.78, 5) is 29.6. The Morgan fingerprint density at radius 2 is 1.39 bits per heavy atom. The molecule has 0 spiro atoms. The van der Waals surface area contributed by atoms with Gasteiger partial charge in [-0.15, -0.1) is 0 Å². The van der Waals surface area contributed by atoms with Gasteiger partial charge in [0, 0.05) is 13.1 Å². The SMILES string of the molecule is CCOc1ccc(N2C(=O)CC(N(Cc3ccccc3)Cc3ccccc3)C2=O)cc1. The van der Waals surface area contributed by atoms with Crippen LogP contribution in [0.4, 0.5) is 5.69 Å². The van der Waals surface area contributed by atoms with E-state index < -0.39 is 6.04 Å². The van der Waals surface area contributed by atoms with E-state index in [1.807, 2.05) is 67.6 Å². The average molecular weight is 415 g/mol. The highest BCUT2D eigenvalue weighted by Gasteiger charge is 2.42. The molecule has 0 N–H and O–H groups in total. The van der Waals surface area contributed by atoms with E-state index in [2.05, 4.69) is 4.90 Å². The van der Waals surface area contributed by atoms with Crippen LogP contribution in [-0.4, -0.2) is 29.4 Å². The van der Waals surface area contributed by atoms with E-state index in [1.165, 1.54) is 4.90 Å². The van der Waals surface area contributed by atoms with E-state index in [0.29, 0.717) is 25.4 Å². The van der Waals surface area contributed by atoms with Gasteiger partial charge in [-0.05, 0) is 42.3 Å². The van der Waals surface area contributed by atoms with Crippen molar-refractivity contribution < 1.29 is 14.3 Å². The molecule has 1 atom stereocenters. The van der Waals surface area contributed by atoms with E-state index in [-0.39, 0.29) is 18.2 Å². The van der Waals surface area contributed by atoms with Crippen molar-refractivity contribution in [2.45, 2.75) is 32.5 Å². The molecule has 1 heterocycles. The van der Waals surface area contributed by atoms with Gasteiger partial charge in [-0.25, -0.2) is 4.90 Å². The summed E-state index contributed by atoms with van der Waals surface area (Å²) in [7, 11) is 0. The van der Waals surface area contributed by atoms with Crippen LogP contribution in [0.5, 0.6) is 5.75 Å². The molecule has 1 saturated heterocycles. The Labute approximate surface area is 182 Å². The molecule has 0 bridgehead atoms. The number of imide groups is 1. The van der Waals surface area contributed by atoms with Gasteiger partial charge in [-0.2, -0.15) is 0 Å². The lowest BCUT2D eigenvalue weighted by Gasteiger charge is -2.27. The van der Waals surface area contributed by atoms with Crippen molar-refractivity contribution in [3.05, 3.63) is 96.1 Å². The predicted molar refractivity (Wildman–Crippen MR) is 121 cm³/mol. The van der Waals surface area contributed by atoms with Crippen molar-refractivity contribution in [1.29, 1.82) is 0 Å². The molecule has 0 aliphatic carbocycles. The molecule has 3 aromatic rings. The van der Waals surface area contributed by atoms with E-state index in [1.54, 1.807) is 24.3 Å². The smallest absolute Gasteiger partial charge is 0.251 e. The van der Waals surface area contributed by atoms with Crippen LogP contribution in [0.1, 0.15) is 24.5 Å². The van der Waals surface area contributed by atoms with Crippen LogP contribution in [0.15, 0.2) is 84.9 Å². The summed E-state index contributed by atoms with van der Waals surface area (Å²) in [6.07, 6.45) is 0.172. The molecule has 4 rings (SSSR count). The maximum Gasteiger partial charge on any atom is 0.251 e. The Morgan fingerprint density at radius 1 is 0.839 bits per heavy atom. The molecule has 1 aliphatic heterocycles. The molecule has 5 heteroatoms. The number of carbonyl (C=O) groups excluding carboxylic acids is 2. The van der Waals surface area contributed by atoms with Crippen molar-refractivity contribution in [2.24, 2.45) is 0 Å². The number of rotatable bonds is 8.